The SMILES string of the molecule is CCCc1cnc2c(c1NC(=O)c1ccc(OC(C)C)cc1)c(=O)n(C)c(=O)n2C. The smallest absolute Gasteiger partial charge is 0.332 e. The molecule has 0 unspecified atom stereocenters. The van der Waals surface area contributed by atoms with Crippen LogP contribution in [0.1, 0.15) is 43.1 Å². The molecule has 0 saturated heterocycles. The number of aryl methyl sites for hydroxylation is 2. The lowest BCUT2D eigenvalue weighted by molar-refractivity contribution is 0.102. The number of carbonyl (C=O) groups excluding carboxylic acids is 1. The maximum atomic E-state index is 12.9. The molecule has 1 N–H and O–H groups in total. The molecular formula is C22H26N4O4. The van der Waals surface area contributed by atoms with Crippen LogP contribution >= 0.6 is 0 Å². The summed E-state index contributed by atoms with van der Waals surface area (Å²) in [6.07, 6.45) is 3.09. The third-order valence-corrected chi connectivity index (χ3v) is 4.79. The second-order valence-electron chi connectivity index (χ2n) is 7.46. The number of nitrogens with one attached hydrogen (secondary N) is 1. The van der Waals surface area contributed by atoms with Crippen molar-refractivity contribution in [2.45, 2.75) is 39.7 Å². The highest BCUT2D eigenvalue weighted by atomic mass is 16.5. The molecule has 158 valence electrons. The minimum Gasteiger partial charge on any atom is -0.491 e. The van der Waals surface area contributed by atoms with E-state index < -0.39 is 11.2 Å². The predicted molar refractivity (Wildman–Crippen MR) is 116 cm³/mol. The Balaban J connectivity index is 2.10. The molecule has 2 heterocycles. The normalized spacial score (nSPS) is 11.1. The van der Waals surface area contributed by atoms with Crippen molar-refractivity contribution >= 4 is 22.6 Å². The van der Waals surface area contributed by atoms with E-state index in [0.717, 1.165) is 16.6 Å². The first-order chi connectivity index (χ1) is 14.2. The van der Waals surface area contributed by atoms with Gasteiger partial charge in [0.15, 0.2) is 5.65 Å². The molecule has 0 fully saturated rings. The molecule has 8 nitrogen and oxygen atoms in total. The summed E-state index contributed by atoms with van der Waals surface area (Å²) >= 11 is 0. The number of rotatable bonds is 6. The molecule has 8 heteroatoms. The predicted octanol–water partition coefficient (Wildman–Crippen LogP) is 2.62. The Morgan fingerprint density at radius 2 is 1.80 bits per heavy atom. The summed E-state index contributed by atoms with van der Waals surface area (Å²) in [6, 6.07) is 6.80. The highest BCUT2D eigenvalue weighted by molar-refractivity contribution is 6.08. The number of ether oxygens (including phenoxy) is 1. The van der Waals surface area contributed by atoms with Gasteiger partial charge >= 0.3 is 5.69 Å². The van der Waals surface area contributed by atoms with Crippen molar-refractivity contribution in [3.8, 4) is 5.75 Å². The summed E-state index contributed by atoms with van der Waals surface area (Å²) in [5.41, 5.74) is 0.842. The molecule has 0 radical (unpaired) electrons. The number of pyridine rings is 1. The Kier molecular flexibility index (Phi) is 6.05. The summed E-state index contributed by atoms with van der Waals surface area (Å²) < 4.78 is 7.94. The van der Waals surface area contributed by atoms with Crippen molar-refractivity contribution in [3.63, 3.8) is 0 Å². The van der Waals surface area contributed by atoms with Crippen molar-refractivity contribution < 1.29 is 9.53 Å². The first-order valence-electron chi connectivity index (χ1n) is 9.90. The van der Waals surface area contributed by atoms with Crippen LogP contribution in [-0.2, 0) is 20.5 Å². The van der Waals surface area contributed by atoms with Gasteiger partial charge in [0.1, 0.15) is 11.1 Å². The van der Waals surface area contributed by atoms with E-state index in [1.54, 1.807) is 37.5 Å². The minimum absolute atomic E-state index is 0.0346. The highest BCUT2D eigenvalue weighted by Crippen LogP contribution is 2.25. The van der Waals surface area contributed by atoms with E-state index in [0.29, 0.717) is 23.4 Å². The van der Waals surface area contributed by atoms with Crippen molar-refractivity contribution in [1.29, 1.82) is 0 Å². The third kappa shape index (κ3) is 3.98. The fraction of sp³-hybridized carbons (Fsp3) is 0.364. The molecule has 0 saturated carbocycles. The zero-order valence-corrected chi connectivity index (χ0v) is 17.9. The van der Waals surface area contributed by atoms with Gasteiger partial charge in [-0.05, 0) is 50.1 Å². The van der Waals surface area contributed by atoms with Gasteiger partial charge < -0.3 is 10.1 Å². The Hall–Kier alpha value is -3.42. The van der Waals surface area contributed by atoms with E-state index in [2.05, 4.69) is 10.3 Å². The van der Waals surface area contributed by atoms with Gasteiger partial charge in [-0.2, -0.15) is 0 Å². The maximum absolute atomic E-state index is 12.9. The largest absolute Gasteiger partial charge is 0.491 e. The number of hydrogen-bond acceptors (Lipinski definition) is 5. The van der Waals surface area contributed by atoms with Crippen LogP contribution in [-0.4, -0.2) is 26.1 Å². The third-order valence-electron chi connectivity index (χ3n) is 4.79. The zero-order chi connectivity index (χ0) is 22.0. The van der Waals surface area contributed by atoms with Crippen molar-refractivity contribution in [2.24, 2.45) is 14.1 Å². The summed E-state index contributed by atoms with van der Waals surface area (Å²) in [7, 11) is 2.96. The van der Waals surface area contributed by atoms with Gasteiger partial charge in [0, 0.05) is 25.9 Å². The minimum atomic E-state index is -0.491. The van der Waals surface area contributed by atoms with Crippen LogP contribution in [0.3, 0.4) is 0 Å². The Labute approximate surface area is 174 Å². The lowest BCUT2D eigenvalue weighted by atomic mass is 10.1. The first kappa shape index (κ1) is 21.3. The van der Waals surface area contributed by atoms with Gasteiger partial charge in [0.25, 0.3) is 11.5 Å². The first-order valence-corrected chi connectivity index (χ1v) is 9.90. The van der Waals surface area contributed by atoms with Gasteiger partial charge in [0.05, 0.1) is 11.8 Å². The Bertz CT molecular complexity index is 1210. The quantitative estimate of drug-likeness (QED) is 0.674. The van der Waals surface area contributed by atoms with Gasteiger partial charge in [-0.15, -0.1) is 0 Å². The number of aromatic nitrogens is 3. The number of fused-ring (bicyclic) bond motifs is 1. The second-order valence-corrected chi connectivity index (χ2v) is 7.46. The number of hydrogen-bond donors (Lipinski definition) is 1. The van der Waals surface area contributed by atoms with Crippen LogP contribution in [0, 0.1) is 0 Å². The van der Waals surface area contributed by atoms with Gasteiger partial charge in [-0.25, -0.2) is 9.78 Å². The lowest BCUT2D eigenvalue weighted by Crippen LogP contribution is -2.38. The van der Waals surface area contributed by atoms with E-state index >= 15 is 0 Å². The topological polar surface area (TPSA) is 95.2 Å². The van der Waals surface area contributed by atoms with Crippen LogP contribution in [0.2, 0.25) is 0 Å². The molecule has 2 aromatic heterocycles. The fourth-order valence-corrected chi connectivity index (χ4v) is 3.31. The summed E-state index contributed by atoms with van der Waals surface area (Å²) in [5, 5.41) is 3.10. The van der Waals surface area contributed by atoms with Gasteiger partial charge in [-0.1, -0.05) is 13.3 Å². The Morgan fingerprint density at radius 1 is 1.13 bits per heavy atom. The van der Waals surface area contributed by atoms with E-state index in [9.17, 15) is 14.4 Å². The number of benzene rings is 1. The number of carbonyl (C=O) groups is 1. The summed E-state index contributed by atoms with van der Waals surface area (Å²) in [4.78, 5) is 42.4. The van der Waals surface area contributed by atoms with E-state index in [1.807, 2.05) is 20.8 Å². The molecule has 3 aromatic rings. The summed E-state index contributed by atoms with van der Waals surface area (Å²) in [6.45, 7) is 5.86. The lowest BCUT2D eigenvalue weighted by Gasteiger charge is -2.15. The summed E-state index contributed by atoms with van der Waals surface area (Å²) in [5.74, 6) is 0.318. The maximum Gasteiger partial charge on any atom is 0.332 e. The average Bonchev–Trinajstić information content (AvgIpc) is 2.71. The second kappa shape index (κ2) is 8.52. The molecule has 0 aliphatic rings. The van der Waals surface area contributed by atoms with Crippen LogP contribution < -0.4 is 21.3 Å². The fourth-order valence-electron chi connectivity index (χ4n) is 3.31. The number of anilines is 1. The van der Waals surface area contributed by atoms with Crippen LogP contribution in [0.4, 0.5) is 5.69 Å². The molecule has 0 aliphatic heterocycles. The number of nitrogens with zero attached hydrogens (tertiary/aromatic N) is 3. The van der Waals surface area contributed by atoms with E-state index in [4.69, 9.17) is 4.74 Å². The molecule has 0 bridgehead atoms. The molecule has 0 spiro atoms. The van der Waals surface area contributed by atoms with Crippen molar-refractivity contribution in [2.75, 3.05) is 5.32 Å². The molecule has 0 aliphatic carbocycles. The van der Waals surface area contributed by atoms with Crippen molar-refractivity contribution in [3.05, 3.63) is 62.4 Å². The monoisotopic (exact) mass is 410 g/mol. The standard InChI is InChI=1S/C22H26N4O4/c1-6-7-15-12-23-19-17(21(28)26(5)22(29)25(19)4)18(15)24-20(27)14-8-10-16(11-9-14)30-13(2)3/h8-13H,6-7H2,1-5H3,(H,23,24,27). The van der Waals surface area contributed by atoms with E-state index in [-0.39, 0.29) is 23.0 Å². The molecule has 0 atom stereocenters. The van der Waals surface area contributed by atoms with Gasteiger partial charge in [-0.3, -0.25) is 18.7 Å². The molecule has 1 aromatic carbocycles. The van der Waals surface area contributed by atoms with Crippen LogP contribution in [0.15, 0.2) is 40.1 Å². The average molecular weight is 410 g/mol. The van der Waals surface area contributed by atoms with Crippen LogP contribution in [0.5, 0.6) is 5.75 Å². The number of amides is 1. The molecular weight excluding hydrogens is 384 g/mol. The molecule has 1 amide bonds. The van der Waals surface area contributed by atoms with Crippen LogP contribution in [0.25, 0.3) is 11.0 Å². The Morgan fingerprint density at radius 3 is 2.40 bits per heavy atom. The highest BCUT2D eigenvalue weighted by Gasteiger charge is 2.19. The van der Waals surface area contributed by atoms with Crippen molar-refractivity contribution in [1.82, 2.24) is 14.1 Å². The molecule has 3 rings (SSSR count). The van der Waals surface area contributed by atoms with E-state index in [1.165, 1.54) is 11.6 Å². The molecule has 30 heavy (non-hydrogen) atoms. The van der Waals surface area contributed by atoms with Gasteiger partial charge in [0.2, 0.25) is 0 Å². The zero-order valence-electron chi connectivity index (χ0n) is 17.9.